The van der Waals surface area contributed by atoms with Crippen LogP contribution in [-0.2, 0) is 0 Å². The van der Waals surface area contributed by atoms with Gasteiger partial charge in [-0.25, -0.2) is 9.37 Å². The molecule has 20 heavy (non-hydrogen) atoms. The Hall–Kier alpha value is -2.43. The molecule has 0 bridgehead atoms. The van der Waals surface area contributed by atoms with Gasteiger partial charge in [0.15, 0.2) is 0 Å². The van der Waals surface area contributed by atoms with Crippen molar-refractivity contribution >= 4 is 17.3 Å². The molecule has 1 aromatic carbocycles. The van der Waals surface area contributed by atoms with Crippen molar-refractivity contribution in [1.82, 2.24) is 4.98 Å². The molecule has 0 amide bonds. The van der Waals surface area contributed by atoms with E-state index < -0.39 is 0 Å². The van der Waals surface area contributed by atoms with Gasteiger partial charge in [-0.3, -0.25) is 5.41 Å². The molecule has 0 saturated heterocycles. The zero-order chi connectivity index (χ0) is 14.9. The lowest BCUT2D eigenvalue weighted by Gasteiger charge is -2.22. The van der Waals surface area contributed by atoms with Gasteiger partial charge in [-0.1, -0.05) is 6.07 Å². The van der Waals surface area contributed by atoms with Gasteiger partial charge in [-0.15, -0.1) is 0 Å². The highest BCUT2D eigenvalue weighted by Crippen LogP contribution is 2.27. The SMILES string of the molecule is Cc1cc(C)c(C(=N)N)c(N(C)c2cccc(F)c2)n1. The summed E-state index contributed by atoms with van der Waals surface area (Å²) in [6.07, 6.45) is 0. The maximum Gasteiger partial charge on any atom is 0.144 e. The van der Waals surface area contributed by atoms with Gasteiger partial charge in [0.1, 0.15) is 17.5 Å². The maximum absolute atomic E-state index is 13.3. The van der Waals surface area contributed by atoms with Crippen molar-refractivity contribution < 1.29 is 4.39 Å². The first-order valence-corrected chi connectivity index (χ1v) is 6.22. The molecule has 0 aliphatic carbocycles. The van der Waals surface area contributed by atoms with Crippen molar-refractivity contribution in [2.24, 2.45) is 5.73 Å². The van der Waals surface area contributed by atoms with E-state index in [-0.39, 0.29) is 11.7 Å². The molecule has 3 N–H and O–H groups in total. The molecule has 2 rings (SSSR count). The number of hydrogen-bond acceptors (Lipinski definition) is 3. The van der Waals surface area contributed by atoms with E-state index >= 15 is 0 Å². The summed E-state index contributed by atoms with van der Waals surface area (Å²) in [7, 11) is 1.78. The van der Waals surface area contributed by atoms with Crippen LogP contribution in [0.5, 0.6) is 0 Å². The molecule has 104 valence electrons. The lowest BCUT2D eigenvalue weighted by molar-refractivity contribution is 0.628. The van der Waals surface area contributed by atoms with E-state index in [0.717, 1.165) is 11.3 Å². The highest BCUT2D eigenvalue weighted by molar-refractivity contribution is 6.01. The molecular weight excluding hydrogens is 255 g/mol. The predicted molar refractivity (Wildman–Crippen MR) is 79.2 cm³/mol. The number of hydrogen-bond donors (Lipinski definition) is 2. The molecule has 0 fully saturated rings. The first-order valence-electron chi connectivity index (χ1n) is 6.22. The number of amidine groups is 1. The Kier molecular flexibility index (Phi) is 3.70. The molecule has 1 heterocycles. The van der Waals surface area contributed by atoms with Gasteiger partial charge in [-0.05, 0) is 43.7 Å². The van der Waals surface area contributed by atoms with Crippen molar-refractivity contribution in [2.75, 3.05) is 11.9 Å². The Morgan fingerprint density at radius 3 is 2.60 bits per heavy atom. The van der Waals surface area contributed by atoms with Crippen molar-refractivity contribution in [3.63, 3.8) is 0 Å². The van der Waals surface area contributed by atoms with E-state index in [4.69, 9.17) is 11.1 Å². The van der Waals surface area contributed by atoms with Crippen molar-refractivity contribution in [1.29, 1.82) is 5.41 Å². The van der Waals surface area contributed by atoms with Crippen LogP contribution in [0.4, 0.5) is 15.9 Å². The number of aromatic nitrogens is 1. The average molecular weight is 272 g/mol. The Bertz CT molecular complexity index is 667. The second kappa shape index (κ2) is 5.28. The number of nitrogens with zero attached hydrogens (tertiary/aromatic N) is 2. The standard InChI is InChI=1S/C15H17FN4/c1-9-7-10(2)19-15(13(9)14(17)18)20(3)12-6-4-5-11(16)8-12/h4-8H,1-3H3,(H3,17,18). The zero-order valence-corrected chi connectivity index (χ0v) is 11.7. The number of aryl methyl sites for hydroxylation is 2. The third-order valence-electron chi connectivity index (χ3n) is 3.11. The van der Waals surface area contributed by atoms with Crippen LogP contribution in [0.15, 0.2) is 30.3 Å². The van der Waals surface area contributed by atoms with Crippen LogP contribution in [0.25, 0.3) is 0 Å². The van der Waals surface area contributed by atoms with E-state index in [1.54, 1.807) is 24.1 Å². The Labute approximate surface area is 117 Å². The molecule has 2 aromatic rings. The number of nitrogen functional groups attached to an aromatic ring is 1. The second-order valence-corrected chi connectivity index (χ2v) is 4.73. The molecule has 4 nitrogen and oxygen atoms in total. The average Bonchev–Trinajstić information content (AvgIpc) is 2.36. The number of halogens is 1. The van der Waals surface area contributed by atoms with Gasteiger partial charge in [-0.2, -0.15) is 0 Å². The number of rotatable bonds is 3. The van der Waals surface area contributed by atoms with Gasteiger partial charge in [0.2, 0.25) is 0 Å². The fourth-order valence-electron chi connectivity index (χ4n) is 2.20. The molecular formula is C15H17FN4. The normalized spacial score (nSPS) is 10.4. The summed E-state index contributed by atoms with van der Waals surface area (Å²) in [5.41, 5.74) is 8.59. The van der Waals surface area contributed by atoms with Crippen LogP contribution in [-0.4, -0.2) is 17.9 Å². The third kappa shape index (κ3) is 2.61. The van der Waals surface area contributed by atoms with E-state index in [2.05, 4.69) is 4.98 Å². The Morgan fingerprint density at radius 2 is 2.00 bits per heavy atom. The van der Waals surface area contributed by atoms with Crippen LogP contribution in [0.2, 0.25) is 0 Å². The monoisotopic (exact) mass is 272 g/mol. The number of nitrogens with one attached hydrogen (secondary N) is 1. The zero-order valence-electron chi connectivity index (χ0n) is 11.7. The smallest absolute Gasteiger partial charge is 0.144 e. The van der Waals surface area contributed by atoms with Gasteiger partial charge in [0, 0.05) is 18.4 Å². The first kappa shape index (κ1) is 14.0. The van der Waals surface area contributed by atoms with Gasteiger partial charge < -0.3 is 10.6 Å². The second-order valence-electron chi connectivity index (χ2n) is 4.73. The van der Waals surface area contributed by atoms with Gasteiger partial charge >= 0.3 is 0 Å². The number of benzene rings is 1. The lowest BCUT2D eigenvalue weighted by Crippen LogP contribution is -2.21. The van der Waals surface area contributed by atoms with Crippen molar-refractivity contribution in [2.45, 2.75) is 13.8 Å². The summed E-state index contributed by atoms with van der Waals surface area (Å²) in [5, 5.41) is 7.72. The summed E-state index contributed by atoms with van der Waals surface area (Å²) in [6.45, 7) is 3.76. The fraction of sp³-hybridized carbons (Fsp3) is 0.200. The highest BCUT2D eigenvalue weighted by Gasteiger charge is 2.16. The van der Waals surface area contributed by atoms with E-state index in [0.29, 0.717) is 17.1 Å². The largest absolute Gasteiger partial charge is 0.384 e. The third-order valence-corrected chi connectivity index (χ3v) is 3.11. The molecule has 0 saturated carbocycles. The van der Waals surface area contributed by atoms with Crippen molar-refractivity contribution in [3.8, 4) is 0 Å². The van der Waals surface area contributed by atoms with Crippen LogP contribution in [0, 0.1) is 25.1 Å². The Balaban J connectivity index is 2.59. The molecule has 0 radical (unpaired) electrons. The number of nitrogens with two attached hydrogens (primary N) is 1. The minimum absolute atomic E-state index is 0.0479. The minimum Gasteiger partial charge on any atom is -0.384 e. The van der Waals surface area contributed by atoms with Gasteiger partial charge in [0.25, 0.3) is 0 Å². The van der Waals surface area contributed by atoms with Crippen LogP contribution < -0.4 is 10.6 Å². The summed E-state index contributed by atoms with van der Waals surface area (Å²) in [6, 6.07) is 8.10. The predicted octanol–water partition coefficient (Wildman–Crippen LogP) is 2.89. The van der Waals surface area contributed by atoms with Crippen LogP contribution in [0.3, 0.4) is 0 Å². The molecule has 0 aliphatic rings. The van der Waals surface area contributed by atoms with E-state index in [9.17, 15) is 4.39 Å². The van der Waals surface area contributed by atoms with E-state index in [1.165, 1.54) is 12.1 Å². The number of pyridine rings is 1. The highest BCUT2D eigenvalue weighted by atomic mass is 19.1. The maximum atomic E-state index is 13.3. The topological polar surface area (TPSA) is 66.0 Å². The summed E-state index contributed by atoms with van der Waals surface area (Å²) in [5.74, 6) is 0.192. The minimum atomic E-state index is -0.317. The fourth-order valence-corrected chi connectivity index (χ4v) is 2.20. The van der Waals surface area contributed by atoms with E-state index in [1.807, 2.05) is 19.9 Å². The molecule has 0 unspecified atom stereocenters. The molecule has 5 heteroatoms. The first-order chi connectivity index (χ1) is 9.40. The van der Waals surface area contributed by atoms with Gasteiger partial charge in [0.05, 0.1) is 5.56 Å². The molecule has 0 spiro atoms. The number of anilines is 2. The van der Waals surface area contributed by atoms with Crippen molar-refractivity contribution in [3.05, 3.63) is 53.0 Å². The summed E-state index contributed by atoms with van der Waals surface area (Å²) < 4.78 is 13.3. The molecule has 0 atom stereocenters. The molecule has 0 aliphatic heterocycles. The summed E-state index contributed by atoms with van der Waals surface area (Å²) >= 11 is 0. The lowest BCUT2D eigenvalue weighted by atomic mass is 10.1. The molecule has 1 aromatic heterocycles. The Morgan fingerprint density at radius 1 is 1.30 bits per heavy atom. The van der Waals surface area contributed by atoms with Crippen LogP contribution >= 0.6 is 0 Å². The quantitative estimate of drug-likeness (QED) is 0.667. The van der Waals surface area contributed by atoms with Crippen LogP contribution in [0.1, 0.15) is 16.8 Å². The summed E-state index contributed by atoms with van der Waals surface area (Å²) in [4.78, 5) is 6.18.